The first-order chi connectivity index (χ1) is 7.33. The van der Waals surface area contributed by atoms with E-state index in [0.717, 1.165) is 6.42 Å². The Hall–Kier alpha value is -1.62. The number of nitrogens with zero attached hydrogens (tertiary/aromatic N) is 1. The van der Waals surface area contributed by atoms with Crippen molar-refractivity contribution < 1.29 is 9.53 Å². The van der Waals surface area contributed by atoms with Gasteiger partial charge in [0, 0.05) is 26.5 Å². The summed E-state index contributed by atoms with van der Waals surface area (Å²) in [6, 6.07) is 3.32. The van der Waals surface area contributed by atoms with Gasteiger partial charge in [-0.25, -0.2) is 4.79 Å². The number of aromatic nitrogens is 1. The van der Waals surface area contributed by atoms with Crippen LogP contribution in [0.1, 0.15) is 6.42 Å². The Labute approximate surface area is 88.9 Å². The van der Waals surface area contributed by atoms with Gasteiger partial charge in [0.15, 0.2) is 0 Å². The second kappa shape index (κ2) is 6.78. The van der Waals surface area contributed by atoms with E-state index < -0.39 is 0 Å². The zero-order valence-electron chi connectivity index (χ0n) is 8.69. The molecular weight excluding hydrogens is 194 g/mol. The summed E-state index contributed by atoms with van der Waals surface area (Å²) in [4.78, 5) is 15.2. The summed E-state index contributed by atoms with van der Waals surface area (Å²) >= 11 is 0. The van der Waals surface area contributed by atoms with E-state index in [1.807, 2.05) is 0 Å². The molecule has 0 aromatic carbocycles. The number of pyridine rings is 1. The van der Waals surface area contributed by atoms with E-state index in [1.165, 1.54) is 0 Å². The summed E-state index contributed by atoms with van der Waals surface area (Å²) in [6.07, 6.45) is 4.05. The number of amides is 2. The minimum Gasteiger partial charge on any atom is -0.385 e. The van der Waals surface area contributed by atoms with Gasteiger partial charge in [0.25, 0.3) is 0 Å². The lowest BCUT2D eigenvalue weighted by Gasteiger charge is -2.06. The van der Waals surface area contributed by atoms with E-state index in [2.05, 4.69) is 15.6 Å². The fourth-order valence-corrected chi connectivity index (χ4v) is 1.03. The molecule has 0 radical (unpaired) electrons. The van der Waals surface area contributed by atoms with Crippen LogP contribution in [0.15, 0.2) is 24.5 Å². The summed E-state index contributed by atoms with van der Waals surface area (Å²) in [6.45, 7) is 1.24. The van der Waals surface area contributed by atoms with Crippen LogP contribution < -0.4 is 10.6 Å². The van der Waals surface area contributed by atoms with Gasteiger partial charge in [-0.3, -0.25) is 4.98 Å². The van der Waals surface area contributed by atoms with Gasteiger partial charge in [0.05, 0.1) is 11.9 Å². The number of ether oxygens (including phenoxy) is 1. The van der Waals surface area contributed by atoms with Crippen LogP contribution in [0.4, 0.5) is 10.5 Å². The average Bonchev–Trinajstić information content (AvgIpc) is 2.26. The molecule has 0 atom stereocenters. The Kier molecular flexibility index (Phi) is 5.18. The molecule has 82 valence electrons. The van der Waals surface area contributed by atoms with Crippen LogP contribution in [0, 0.1) is 0 Å². The lowest BCUT2D eigenvalue weighted by atomic mass is 10.4. The number of carbonyl (C=O) groups excluding carboxylic acids is 1. The quantitative estimate of drug-likeness (QED) is 0.717. The molecule has 5 nitrogen and oxygen atoms in total. The second-order valence-electron chi connectivity index (χ2n) is 2.97. The van der Waals surface area contributed by atoms with Crippen molar-refractivity contribution in [3.05, 3.63) is 24.5 Å². The number of methoxy groups -OCH3 is 1. The molecule has 0 aliphatic carbocycles. The minimum atomic E-state index is -0.223. The van der Waals surface area contributed by atoms with Crippen LogP contribution in [-0.2, 0) is 4.74 Å². The normalized spacial score (nSPS) is 9.67. The average molecular weight is 209 g/mol. The summed E-state index contributed by atoms with van der Waals surface area (Å²) in [5, 5.41) is 5.37. The largest absolute Gasteiger partial charge is 0.385 e. The molecule has 5 heteroatoms. The van der Waals surface area contributed by atoms with Crippen molar-refractivity contribution >= 4 is 11.7 Å². The Balaban J connectivity index is 2.19. The molecule has 0 bridgehead atoms. The van der Waals surface area contributed by atoms with Crippen LogP contribution in [0.2, 0.25) is 0 Å². The lowest BCUT2D eigenvalue weighted by Crippen LogP contribution is -2.30. The van der Waals surface area contributed by atoms with Crippen molar-refractivity contribution in [2.75, 3.05) is 25.6 Å². The highest BCUT2D eigenvalue weighted by Gasteiger charge is 1.99. The van der Waals surface area contributed by atoms with Crippen molar-refractivity contribution in [3.63, 3.8) is 0 Å². The Morgan fingerprint density at radius 1 is 1.60 bits per heavy atom. The first kappa shape index (κ1) is 11.5. The van der Waals surface area contributed by atoms with E-state index >= 15 is 0 Å². The van der Waals surface area contributed by atoms with Crippen LogP contribution >= 0.6 is 0 Å². The maximum absolute atomic E-state index is 11.3. The SMILES string of the molecule is COCCCNC(=O)Nc1cccnc1. The molecule has 0 fully saturated rings. The first-order valence-electron chi connectivity index (χ1n) is 4.77. The molecule has 0 aliphatic heterocycles. The zero-order chi connectivity index (χ0) is 10.9. The topological polar surface area (TPSA) is 63.2 Å². The van der Waals surface area contributed by atoms with Crippen molar-refractivity contribution in [2.24, 2.45) is 0 Å². The number of hydrogen-bond donors (Lipinski definition) is 2. The zero-order valence-corrected chi connectivity index (χ0v) is 8.69. The molecule has 0 aliphatic rings. The number of nitrogens with one attached hydrogen (secondary N) is 2. The molecule has 0 spiro atoms. The standard InChI is InChI=1S/C10H15N3O2/c1-15-7-3-6-12-10(14)13-9-4-2-5-11-8-9/h2,4-5,8H,3,6-7H2,1H3,(H2,12,13,14). The van der Waals surface area contributed by atoms with Crippen LogP contribution in [0.3, 0.4) is 0 Å². The van der Waals surface area contributed by atoms with Gasteiger partial charge in [-0.05, 0) is 18.6 Å². The molecule has 0 saturated heterocycles. The van der Waals surface area contributed by atoms with Crippen molar-refractivity contribution in [1.82, 2.24) is 10.3 Å². The highest BCUT2D eigenvalue weighted by Crippen LogP contribution is 2.01. The van der Waals surface area contributed by atoms with Crippen LogP contribution in [-0.4, -0.2) is 31.3 Å². The van der Waals surface area contributed by atoms with E-state index in [-0.39, 0.29) is 6.03 Å². The van der Waals surface area contributed by atoms with Crippen molar-refractivity contribution in [3.8, 4) is 0 Å². The third kappa shape index (κ3) is 4.97. The molecule has 2 N–H and O–H groups in total. The van der Waals surface area contributed by atoms with Crippen LogP contribution in [0.25, 0.3) is 0 Å². The highest BCUT2D eigenvalue weighted by atomic mass is 16.5. The maximum Gasteiger partial charge on any atom is 0.319 e. The van der Waals surface area contributed by atoms with E-state index in [0.29, 0.717) is 18.8 Å². The van der Waals surface area contributed by atoms with Gasteiger partial charge < -0.3 is 15.4 Å². The fraction of sp³-hybridized carbons (Fsp3) is 0.400. The van der Waals surface area contributed by atoms with Gasteiger partial charge >= 0.3 is 6.03 Å². The van der Waals surface area contributed by atoms with E-state index in [1.54, 1.807) is 31.6 Å². The molecule has 1 heterocycles. The summed E-state index contributed by atoms with van der Waals surface area (Å²) < 4.78 is 4.86. The third-order valence-electron chi connectivity index (χ3n) is 1.73. The predicted molar refractivity (Wildman–Crippen MR) is 57.8 cm³/mol. The molecule has 15 heavy (non-hydrogen) atoms. The molecule has 1 aromatic rings. The van der Waals surface area contributed by atoms with Gasteiger partial charge in [-0.2, -0.15) is 0 Å². The number of rotatable bonds is 5. The Bertz CT molecular complexity index is 290. The molecular formula is C10H15N3O2. The fourth-order valence-electron chi connectivity index (χ4n) is 1.03. The first-order valence-corrected chi connectivity index (χ1v) is 4.77. The molecule has 2 amide bonds. The van der Waals surface area contributed by atoms with E-state index in [4.69, 9.17) is 4.74 Å². The Morgan fingerprint density at radius 2 is 2.47 bits per heavy atom. The second-order valence-corrected chi connectivity index (χ2v) is 2.97. The predicted octanol–water partition coefficient (Wildman–Crippen LogP) is 1.24. The van der Waals surface area contributed by atoms with Gasteiger partial charge in [-0.1, -0.05) is 0 Å². The number of urea groups is 1. The maximum atomic E-state index is 11.3. The van der Waals surface area contributed by atoms with E-state index in [9.17, 15) is 4.79 Å². The molecule has 0 unspecified atom stereocenters. The van der Waals surface area contributed by atoms with Gasteiger partial charge in [0.2, 0.25) is 0 Å². The smallest absolute Gasteiger partial charge is 0.319 e. The monoisotopic (exact) mass is 209 g/mol. The summed E-state index contributed by atoms with van der Waals surface area (Å²) in [5.41, 5.74) is 0.682. The van der Waals surface area contributed by atoms with Gasteiger partial charge in [-0.15, -0.1) is 0 Å². The summed E-state index contributed by atoms with van der Waals surface area (Å²) in [5.74, 6) is 0. The minimum absolute atomic E-state index is 0.223. The molecule has 0 saturated carbocycles. The molecule has 1 aromatic heterocycles. The highest BCUT2D eigenvalue weighted by molar-refractivity contribution is 5.88. The lowest BCUT2D eigenvalue weighted by molar-refractivity contribution is 0.194. The van der Waals surface area contributed by atoms with Crippen LogP contribution in [0.5, 0.6) is 0 Å². The molecule has 1 rings (SSSR count). The number of hydrogen-bond acceptors (Lipinski definition) is 3. The van der Waals surface area contributed by atoms with Crippen molar-refractivity contribution in [2.45, 2.75) is 6.42 Å². The third-order valence-corrected chi connectivity index (χ3v) is 1.73. The summed E-state index contributed by atoms with van der Waals surface area (Å²) in [7, 11) is 1.63. The number of carbonyl (C=O) groups is 1. The number of anilines is 1. The van der Waals surface area contributed by atoms with Crippen molar-refractivity contribution in [1.29, 1.82) is 0 Å². The Morgan fingerprint density at radius 3 is 3.13 bits per heavy atom. The van der Waals surface area contributed by atoms with Gasteiger partial charge in [0.1, 0.15) is 0 Å².